The van der Waals surface area contributed by atoms with E-state index >= 15 is 0 Å². The van der Waals surface area contributed by atoms with E-state index in [1.165, 1.54) is 0 Å². The van der Waals surface area contributed by atoms with Crippen LogP contribution in [-0.2, 0) is 29.0 Å². The van der Waals surface area contributed by atoms with Gasteiger partial charge in [0.1, 0.15) is 6.61 Å². The number of rotatable bonds is 3. The summed E-state index contributed by atoms with van der Waals surface area (Å²) in [5.74, 6) is -0.915. The molecule has 0 aliphatic carbocycles. The maximum absolute atomic E-state index is 9.63. The van der Waals surface area contributed by atoms with Crippen LogP contribution in [0.2, 0.25) is 10.0 Å². The number of aliphatic carboxylic acids is 1. The maximum atomic E-state index is 9.63. The zero-order chi connectivity index (χ0) is 11.7. The first-order valence-corrected chi connectivity index (χ1v) is 5.03. The molecule has 6 heteroatoms. The molecule has 3 nitrogen and oxygen atoms in total. The van der Waals surface area contributed by atoms with Crippen molar-refractivity contribution in [1.82, 2.24) is 0 Å². The smallest absolute Gasteiger partial charge is 0.329 e. The third kappa shape index (κ3) is 10.4. The van der Waals surface area contributed by atoms with Crippen molar-refractivity contribution < 1.29 is 34.1 Å². The Labute approximate surface area is 117 Å². The SMILES string of the molecule is CCOCC(=O)O.Clc1ccccc1Cl.[Zn]. The number of carboxylic acid groups (broad SMARTS) is 1. The van der Waals surface area contributed by atoms with Crippen molar-refractivity contribution in [3.8, 4) is 0 Å². The molecule has 1 aromatic rings. The summed E-state index contributed by atoms with van der Waals surface area (Å²) < 4.78 is 4.50. The number of hydrogen-bond acceptors (Lipinski definition) is 2. The Morgan fingerprint density at radius 2 is 1.75 bits per heavy atom. The van der Waals surface area contributed by atoms with E-state index in [1.807, 2.05) is 12.1 Å². The van der Waals surface area contributed by atoms with Gasteiger partial charge in [-0.15, -0.1) is 0 Å². The molecule has 0 heterocycles. The molecule has 1 aromatic carbocycles. The molecule has 0 aliphatic rings. The number of halogens is 2. The van der Waals surface area contributed by atoms with Gasteiger partial charge in [-0.3, -0.25) is 0 Å². The summed E-state index contributed by atoms with van der Waals surface area (Å²) in [4.78, 5) is 9.63. The van der Waals surface area contributed by atoms with E-state index in [0.29, 0.717) is 16.7 Å². The van der Waals surface area contributed by atoms with Gasteiger partial charge in [0.15, 0.2) is 0 Å². The monoisotopic (exact) mass is 314 g/mol. The first kappa shape index (κ1) is 18.2. The quantitative estimate of drug-likeness (QED) is 0.872. The first-order chi connectivity index (χ1) is 7.07. The fourth-order valence-corrected chi connectivity index (χ4v) is 0.900. The van der Waals surface area contributed by atoms with Gasteiger partial charge in [-0.25, -0.2) is 4.79 Å². The van der Waals surface area contributed by atoms with Crippen LogP contribution in [0.3, 0.4) is 0 Å². The number of hydrogen-bond donors (Lipinski definition) is 1. The molecule has 0 saturated carbocycles. The number of ether oxygens (including phenoxy) is 1. The second kappa shape index (κ2) is 11.3. The van der Waals surface area contributed by atoms with Crippen molar-refractivity contribution in [3.05, 3.63) is 34.3 Å². The van der Waals surface area contributed by atoms with Crippen LogP contribution in [0.5, 0.6) is 0 Å². The van der Waals surface area contributed by atoms with E-state index in [-0.39, 0.29) is 26.1 Å². The number of benzene rings is 1. The fourth-order valence-electron chi connectivity index (χ4n) is 0.629. The molecule has 0 atom stereocenters. The third-order valence-electron chi connectivity index (χ3n) is 1.25. The molecule has 0 fully saturated rings. The van der Waals surface area contributed by atoms with Gasteiger partial charge in [0.05, 0.1) is 10.0 Å². The Morgan fingerprint density at radius 3 is 1.94 bits per heavy atom. The standard InChI is InChI=1S/C6H4Cl2.C4H8O3.Zn/c7-5-3-1-2-4-6(5)8;1-2-7-3-4(5)6;/h1-4H;2-3H2,1H3,(H,5,6);. The first-order valence-electron chi connectivity index (χ1n) is 4.27. The van der Waals surface area contributed by atoms with E-state index in [1.54, 1.807) is 19.1 Å². The molecule has 86 valence electrons. The van der Waals surface area contributed by atoms with Gasteiger partial charge < -0.3 is 9.84 Å². The molecule has 1 rings (SSSR count). The summed E-state index contributed by atoms with van der Waals surface area (Å²) in [5.41, 5.74) is 0. The minimum atomic E-state index is -0.915. The summed E-state index contributed by atoms with van der Waals surface area (Å²) in [6, 6.07) is 7.19. The summed E-state index contributed by atoms with van der Waals surface area (Å²) in [6.07, 6.45) is 0. The predicted molar refractivity (Wildman–Crippen MR) is 60.6 cm³/mol. The average Bonchev–Trinajstić information content (AvgIpc) is 2.20. The molecule has 0 unspecified atom stereocenters. The van der Waals surface area contributed by atoms with Crippen molar-refractivity contribution in [2.45, 2.75) is 6.92 Å². The number of carbonyl (C=O) groups is 1. The van der Waals surface area contributed by atoms with Crippen molar-refractivity contribution in [2.24, 2.45) is 0 Å². The molecular formula is C10H12Cl2O3Zn. The van der Waals surface area contributed by atoms with Crippen LogP contribution in [0.25, 0.3) is 0 Å². The van der Waals surface area contributed by atoms with Gasteiger partial charge in [0, 0.05) is 26.1 Å². The van der Waals surface area contributed by atoms with Gasteiger partial charge in [-0.05, 0) is 19.1 Å². The van der Waals surface area contributed by atoms with E-state index in [4.69, 9.17) is 28.3 Å². The van der Waals surface area contributed by atoms with Crippen LogP contribution in [0.1, 0.15) is 6.92 Å². The van der Waals surface area contributed by atoms with Gasteiger partial charge in [0.25, 0.3) is 0 Å². The van der Waals surface area contributed by atoms with E-state index < -0.39 is 5.97 Å². The van der Waals surface area contributed by atoms with E-state index in [0.717, 1.165) is 0 Å². The summed E-state index contributed by atoms with van der Waals surface area (Å²) >= 11 is 11.2. The molecule has 16 heavy (non-hydrogen) atoms. The molecule has 0 bridgehead atoms. The van der Waals surface area contributed by atoms with E-state index in [2.05, 4.69) is 4.74 Å². The zero-order valence-electron chi connectivity index (χ0n) is 8.95. The van der Waals surface area contributed by atoms with Crippen LogP contribution >= 0.6 is 23.2 Å². The Bertz CT molecular complexity index is 287. The molecule has 0 aromatic heterocycles. The minimum Gasteiger partial charge on any atom is -0.480 e. The van der Waals surface area contributed by atoms with Crippen LogP contribution in [0, 0.1) is 0 Å². The van der Waals surface area contributed by atoms with Crippen LogP contribution in [0.4, 0.5) is 0 Å². The molecule has 0 radical (unpaired) electrons. The predicted octanol–water partition coefficient (Wildman–Crippen LogP) is 3.10. The van der Waals surface area contributed by atoms with Gasteiger partial charge in [0.2, 0.25) is 0 Å². The normalized spacial score (nSPS) is 8.44. The number of carboxylic acids is 1. The Balaban J connectivity index is 0. The molecule has 0 spiro atoms. The van der Waals surface area contributed by atoms with Crippen molar-refractivity contribution in [2.75, 3.05) is 13.2 Å². The summed E-state index contributed by atoms with van der Waals surface area (Å²) in [7, 11) is 0. The van der Waals surface area contributed by atoms with Gasteiger partial charge in [-0.2, -0.15) is 0 Å². The minimum absolute atomic E-state index is 0. The molecular weight excluding hydrogens is 304 g/mol. The largest absolute Gasteiger partial charge is 0.480 e. The summed E-state index contributed by atoms with van der Waals surface area (Å²) in [6.45, 7) is 2.03. The van der Waals surface area contributed by atoms with Crippen molar-refractivity contribution in [1.29, 1.82) is 0 Å². The fraction of sp³-hybridized carbons (Fsp3) is 0.300. The average molecular weight is 316 g/mol. The Morgan fingerprint density at radius 1 is 1.31 bits per heavy atom. The van der Waals surface area contributed by atoms with Crippen LogP contribution in [-0.4, -0.2) is 24.3 Å². The van der Waals surface area contributed by atoms with Crippen LogP contribution < -0.4 is 0 Å². The van der Waals surface area contributed by atoms with Crippen molar-refractivity contribution >= 4 is 29.2 Å². The van der Waals surface area contributed by atoms with Crippen molar-refractivity contribution in [3.63, 3.8) is 0 Å². The second-order valence-electron chi connectivity index (χ2n) is 2.44. The Hall–Kier alpha value is -0.147. The zero-order valence-corrected chi connectivity index (χ0v) is 13.4. The topological polar surface area (TPSA) is 46.5 Å². The van der Waals surface area contributed by atoms with Gasteiger partial charge >= 0.3 is 5.97 Å². The second-order valence-corrected chi connectivity index (χ2v) is 3.26. The molecule has 0 saturated heterocycles. The Kier molecular flexibility index (Phi) is 12.9. The molecule has 1 N–H and O–H groups in total. The maximum Gasteiger partial charge on any atom is 0.329 e. The summed E-state index contributed by atoms with van der Waals surface area (Å²) in [5, 5.41) is 9.13. The molecule has 0 amide bonds. The van der Waals surface area contributed by atoms with Gasteiger partial charge in [-0.1, -0.05) is 35.3 Å². The third-order valence-corrected chi connectivity index (χ3v) is 2.01. The van der Waals surface area contributed by atoms with E-state index in [9.17, 15) is 4.79 Å². The van der Waals surface area contributed by atoms with Crippen LogP contribution in [0.15, 0.2) is 24.3 Å². The molecule has 0 aliphatic heterocycles.